The van der Waals surface area contributed by atoms with Crippen molar-refractivity contribution in [2.75, 3.05) is 20.1 Å². The normalized spacial score (nSPS) is 45.5. The van der Waals surface area contributed by atoms with Gasteiger partial charge in [0.15, 0.2) is 0 Å². The van der Waals surface area contributed by atoms with Crippen LogP contribution in [0, 0.1) is 23.7 Å². The van der Waals surface area contributed by atoms with E-state index in [1.165, 1.54) is 19.5 Å². The summed E-state index contributed by atoms with van der Waals surface area (Å²) in [6.45, 7) is 7.49. The topological polar surface area (TPSA) is 3.24 Å². The Kier molecular flexibility index (Phi) is 1.71. The van der Waals surface area contributed by atoms with E-state index < -0.39 is 0 Å². The highest BCUT2D eigenvalue weighted by Gasteiger charge is 2.55. The van der Waals surface area contributed by atoms with Crippen LogP contribution in [0.25, 0.3) is 0 Å². The zero-order chi connectivity index (χ0) is 8.01. The zero-order valence-corrected chi connectivity index (χ0v) is 7.88. The Morgan fingerprint density at radius 1 is 1.36 bits per heavy atom. The largest absolute Gasteiger partial charge is 0.306 e. The lowest BCUT2D eigenvalue weighted by Gasteiger charge is -2.16. The molecule has 0 radical (unpaired) electrons. The van der Waals surface area contributed by atoms with Crippen molar-refractivity contribution in [1.82, 2.24) is 4.90 Å². The van der Waals surface area contributed by atoms with E-state index in [4.69, 9.17) is 0 Å². The Morgan fingerprint density at radius 3 is 2.36 bits per heavy atom. The van der Waals surface area contributed by atoms with Gasteiger partial charge in [-0.3, -0.25) is 0 Å². The van der Waals surface area contributed by atoms with E-state index in [9.17, 15) is 0 Å². The van der Waals surface area contributed by atoms with Crippen molar-refractivity contribution in [2.24, 2.45) is 23.7 Å². The number of piperidine rings is 1. The number of hydrogen-bond acceptors (Lipinski definition) is 1. The minimum absolute atomic E-state index is 0.985. The van der Waals surface area contributed by atoms with E-state index in [-0.39, 0.29) is 0 Å². The average Bonchev–Trinajstić information content (AvgIpc) is 2.48. The van der Waals surface area contributed by atoms with Gasteiger partial charge >= 0.3 is 0 Å². The van der Waals surface area contributed by atoms with Crippen LogP contribution in [0.3, 0.4) is 0 Å². The van der Waals surface area contributed by atoms with Crippen molar-refractivity contribution in [3.8, 4) is 0 Å². The maximum Gasteiger partial charge on any atom is 0.00128 e. The van der Waals surface area contributed by atoms with Crippen molar-refractivity contribution < 1.29 is 0 Å². The Balaban J connectivity index is 1.87. The van der Waals surface area contributed by atoms with E-state index in [0.29, 0.717) is 0 Å². The predicted molar refractivity (Wildman–Crippen MR) is 47.4 cm³/mol. The molecule has 0 spiro atoms. The average molecular weight is 153 g/mol. The molecule has 1 aliphatic carbocycles. The smallest absolute Gasteiger partial charge is 0.00128 e. The van der Waals surface area contributed by atoms with E-state index in [1.54, 1.807) is 0 Å². The maximum absolute atomic E-state index is 2.48. The summed E-state index contributed by atoms with van der Waals surface area (Å²) in [5.41, 5.74) is 0. The van der Waals surface area contributed by atoms with Gasteiger partial charge in [-0.1, -0.05) is 20.3 Å². The highest BCUT2D eigenvalue weighted by atomic mass is 15.2. The van der Waals surface area contributed by atoms with Crippen LogP contribution in [0.1, 0.15) is 20.3 Å². The van der Waals surface area contributed by atoms with Crippen LogP contribution >= 0.6 is 0 Å². The first-order chi connectivity index (χ1) is 5.24. The second-order valence-corrected chi connectivity index (χ2v) is 4.51. The highest BCUT2D eigenvalue weighted by Crippen LogP contribution is 2.55. The summed E-state index contributed by atoms with van der Waals surface area (Å²) in [7, 11) is 2.25. The van der Waals surface area contributed by atoms with Crippen LogP contribution in [0.4, 0.5) is 0 Å². The molecule has 0 aromatic rings. The molecular weight excluding hydrogens is 134 g/mol. The van der Waals surface area contributed by atoms with E-state index in [2.05, 4.69) is 25.8 Å². The molecule has 1 saturated carbocycles. The molecule has 64 valence electrons. The molecule has 0 bridgehead atoms. The van der Waals surface area contributed by atoms with Gasteiger partial charge in [-0.2, -0.15) is 0 Å². The molecule has 1 heterocycles. The second-order valence-electron chi connectivity index (χ2n) is 4.51. The van der Waals surface area contributed by atoms with Crippen LogP contribution in [-0.4, -0.2) is 25.0 Å². The van der Waals surface area contributed by atoms with Gasteiger partial charge in [-0.05, 0) is 30.7 Å². The summed E-state index contributed by atoms with van der Waals surface area (Å²) in [4.78, 5) is 2.48. The molecule has 0 aromatic heterocycles. The lowest BCUT2D eigenvalue weighted by atomic mass is 10.00. The molecule has 0 N–H and O–H groups in total. The van der Waals surface area contributed by atoms with Gasteiger partial charge in [0.1, 0.15) is 0 Å². The van der Waals surface area contributed by atoms with Gasteiger partial charge in [0.25, 0.3) is 0 Å². The monoisotopic (exact) mass is 153 g/mol. The molecule has 1 saturated heterocycles. The van der Waals surface area contributed by atoms with E-state index >= 15 is 0 Å². The minimum atomic E-state index is 0.985. The molecular formula is C10H19N. The maximum atomic E-state index is 2.48. The summed E-state index contributed by atoms with van der Waals surface area (Å²) in [6.07, 6.45) is 1.38. The SMILES string of the molecule is CCC(C)C1C2CN(C)CC21. The summed E-state index contributed by atoms with van der Waals surface area (Å²) >= 11 is 0. The summed E-state index contributed by atoms with van der Waals surface area (Å²) in [5.74, 6) is 4.24. The number of rotatable bonds is 2. The standard InChI is InChI=1S/C10H19N/c1-4-7(2)10-8-5-11(3)6-9(8)10/h7-10H,4-6H2,1-3H3. The first-order valence-electron chi connectivity index (χ1n) is 4.92. The predicted octanol–water partition coefficient (Wildman–Crippen LogP) is 1.84. The summed E-state index contributed by atoms with van der Waals surface area (Å²) in [6, 6.07) is 0. The van der Waals surface area contributed by atoms with Crippen LogP contribution in [-0.2, 0) is 0 Å². The highest BCUT2D eigenvalue weighted by molar-refractivity contribution is 5.05. The third-order valence-electron chi connectivity index (χ3n) is 3.74. The molecule has 11 heavy (non-hydrogen) atoms. The van der Waals surface area contributed by atoms with Gasteiger partial charge in [-0.25, -0.2) is 0 Å². The first kappa shape index (κ1) is 7.60. The number of likely N-dealkylation sites (tertiary alicyclic amines) is 1. The van der Waals surface area contributed by atoms with Gasteiger partial charge in [0, 0.05) is 13.1 Å². The quantitative estimate of drug-likeness (QED) is 0.585. The Hall–Kier alpha value is -0.0400. The second kappa shape index (κ2) is 2.48. The van der Waals surface area contributed by atoms with Crippen molar-refractivity contribution in [3.63, 3.8) is 0 Å². The fraction of sp³-hybridized carbons (Fsp3) is 1.00. The molecule has 3 unspecified atom stereocenters. The fourth-order valence-corrected chi connectivity index (χ4v) is 2.90. The van der Waals surface area contributed by atoms with E-state index in [1.807, 2.05) is 0 Å². The van der Waals surface area contributed by atoms with Crippen molar-refractivity contribution >= 4 is 0 Å². The number of nitrogens with zero attached hydrogens (tertiary/aromatic N) is 1. The van der Waals surface area contributed by atoms with Crippen LogP contribution in [0.15, 0.2) is 0 Å². The van der Waals surface area contributed by atoms with E-state index in [0.717, 1.165) is 23.7 Å². The molecule has 1 nitrogen and oxygen atoms in total. The van der Waals surface area contributed by atoms with Gasteiger partial charge in [0.05, 0.1) is 0 Å². The van der Waals surface area contributed by atoms with Gasteiger partial charge < -0.3 is 4.90 Å². The third kappa shape index (κ3) is 1.10. The van der Waals surface area contributed by atoms with Gasteiger partial charge in [0.2, 0.25) is 0 Å². The summed E-state index contributed by atoms with van der Waals surface area (Å²) < 4.78 is 0. The molecule has 3 atom stereocenters. The number of hydrogen-bond donors (Lipinski definition) is 0. The molecule has 1 aliphatic heterocycles. The van der Waals surface area contributed by atoms with Crippen LogP contribution in [0.5, 0.6) is 0 Å². The lowest BCUT2D eigenvalue weighted by Crippen LogP contribution is -2.20. The van der Waals surface area contributed by atoms with Crippen molar-refractivity contribution in [3.05, 3.63) is 0 Å². The molecule has 0 aromatic carbocycles. The zero-order valence-electron chi connectivity index (χ0n) is 7.88. The van der Waals surface area contributed by atoms with Crippen LogP contribution < -0.4 is 0 Å². The molecule has 0 amide bonds. The molecule has 1 heteroatoms. The number of fused-ring (bicyclic) bond motifs is 1. The Morgan fingerprint density at radius 2 is 1.91 bits per heavy atom. The Labute approximate surface area is 69.8 Å². The minimum Gasteiger partial charge on any atom is -0.306 e. The fourth-order valence-electron chi connectivity index (χ4n) is 2.90. The van der Waals surface area contributed by atoms with Crippen molar-refractivity contribution in [2.45, 2.75) is 20.3 Å². The molecule has 2 aliphatic rings. The molecule has 2 fully saturated rings. The third-order valence-corrected chi connectivity index (χ3v) is 3.74. The Bertz CT molecular complexity index is 143. The summed E-state index contributed by atoms with van der Waals surface area (Å²) in [5, 5.41) is 0. The van der Waals surface area contributed by atoms with Crippen molar-refractivity contribution in [1.29, 1.82) is 0 Å². The first-order valence-corrected chi connectivity index (χ1v) is 4.92. The molecule has 2 rings (SSSR count). The van der Waals surface area contributed by atoms with Gasteiger partial charge in [-0.15, -0.1) is 0 Å². The van der Waals surface area contributed by atoms with Crippen LogP contribution in [0.2, 0.25) is 0 Å². The lowest BCUT2D eigenvalue weighted by molar-refractivity contribution is 0.306.